The summed E-state index contributed by atoms with van der Waals surface area (Å²) in [5, 5.41) is 13.6. The van der Waals surface area contributed by atoms with Crippen LogP contribution in [0.1, 0.15) is 6.42 Å². The highest BCUT2D eigenvalue weighted by atomic mass is 32.1. The second kappa shape index (κ2) is 3.09. The van der Waals surface area contributed by atoms with Crippen molar-refractivity contribution in [1.82, 2.24) is 14.8 Å². The second-order valence-electron chi connectivity index (χ2n) is 3.26. The number of hydrogen-bond donors (Lipinski definition) is 1. The molecule has 0 saturated heterocycles. The summed E-state index contributed by atoms with van der Waals surface area (Å²) >= 11 is 1.70. The molecule has 0 bridgehead atoms. The zero-order chi connectivity index (χ0) is 9.38. The van der Waals surface area contributed by atoms with E-state index in [9.17, 15) is 0 Å². The smallest absolute Gasteiger partial charge is 0.224 e. The first kappa shape index (κ1) is 7.99. The molecule has 0 atom stereocenters. The van der Waals surface area contributed by atoms with E-state index in [1.165, 1.54) is 4.88 Å². The van der Waals surface area contributed by atoms with E-state index in [1.54, 1.807) is 11.3 Å². The van der Waals surface area contributed by atoms with Crippen LogP contribution in [0.3, 0.4) is 0 Å². The van der Waals surface area contributed by atoms with Gasteiger partial charge in [0.1, 0.15) is 0 Å². The quantitative estimate of drug-likeness (QED) is 0.774. The molecule has 72 valence electrons. The second-order valence-corrected chi connectivity index (χ2v) is 4.20. The minimum absolute atomic E-state index is 0.902. The summed E-state index contributed by atoms with van der Waals surface area (Å²) < 4.78 is 2.15. The molecule has 5 heteroatoms. The zero-order valence-corrected chi connectivity index (χ0v) is 8.42. The van der Waals surface area contributed by atoms with Crippen LogP contribution in [0.25, 0.3) is 10.7 Å². The Morgan fingerprint density at radius 3 is 3.29 bits per heavy atom. The van der Waals surface area contributed by atoms with E-state index >= 15 is 0 Å². The van der Waals surface area contributed by atoms with Gasteiger partial charge in [-0.15, -0.1) is 21.5 Å². The number of thiophene rings is 1. The van der Waals surface area contributed by atoms with E-state index < -0.39 is 0 Å². The maximum Gasteiger partial charge on any atom is 0.224 e. The van der Waals surface area contributed by atoms with Gasteiger partial charge in [-0.1, -0.05) is 6.07 Å². The van der Waals surface area contributed by atoms with Crippen molar-refractivity contribution >= 4 is 17.3 Å². The molecule has 1 aliphatic heterocycles. The molecule has 0 saturated carbocycles. The van der Waals surface area contributed by atoms with Gasteiger partial charge in [0.2, 0.25) is 5.95 Å². The van der Waals surface area contributed by atoms with E-state index in [-0.39, 0.29) is 0 Å². The van der Waals surface area contributed by atoms with Crippen LogP contribution in [0.5, 0.6) is 0 Å². The van der Waals surface area contributed by atoms with Gasteiger partial charge in [-0.05, 0) is 17.9 Å². The molecule has 4 nitrogen and oxygen atoms in total. The van der Waals surface area contributed by atoms with E-state index in [0.717, 1.165) is 31.3 Å². The fourth-order valence-electron chi connectivity index (χ4n) is 1.67. The first-order chi connectivity index (χ1) is 6.95. The number of rotatable bonds is 1. The van der Waals surface area contributed by atoms with Crippen LogP contribution in [0, 0.1) is 0 Å². The Morgan fingerprint density at radius 2 is 2.43 bits per heavy atom. The van der Waals surface area contributed by atoms with Crippen LogP contribution >= 0.6 is 11.3 Å². The van der Waals surface area contributed by atoms with Crippen molar-refractivity contribution in [2.45, 2.75) is 13.0 Å². The molecule has 0 aromatic carbocycles. The largest absolute Gasteiger partial charge is 0.354 e. The molecule has 0 amide bonds. The Labute approximate surface area is 85.6 Å². The van der Waals surface area contributed by atoms with E-state index in [2.05, 4.69) is 31.5 Å². The minimum atomic E-state index is 0.902. The molecule has 0 aliphatic carbocycles. The van der Waals surface area contributed by atoms with Crippen molar-refractivity contribution in [2.75, 3.05) is 11.9 Å². The number of nitrogens with zero attached hydrogens (tertiary/aromatic N) is 3. The van der Waals surface area contributed by atoms with Crippen molar-refractivity contribution in [2.24, 2.45) is 0 Å². The van der Waals surface area contributed by atoms with Gasteiger partial charge in [0.15, 0.2) is 5.82 Å². The van der Waals surface area contributed by atoms with Crippen molar-refractivity contribution in [3.05, 3.63) is 17.5 Å². The molecule has 3 rings (SSSR count). The lowest BCUT2D eigenvalue weighted by Gasteiger charge is -2.15. The maximum absolute atomic E-state index is 4.20. The molecule has 0 radical (unpaired) electrons. The van der Waals surface area contributed by atoms with E-state index in [1.807, 2.05) is 6.07 Å². The number of aromatic nitrogens is 3. The summed E-state index contributed by atoms with van der Waals surface area (Å²) in [6.07, 6.45) is 1.14. The first-order valence-corrected chi connectivity index (χ1v) is 5.54. The lowest BCUT2D eigenvalue weighted by molar-refractivity contribution is 0.632. The Bertz CT molecular complexity index is 432. The van der Waals surface area contributed by atoms with E-state index in [0.29, 0.717) is 0 Å². The topological polar surface area (TPSA) is 42.7 Å². The summed E-state index contributed by atoms with van der Waals surface area (Å²) in [6, 6.07) is 4.12. The Morgan fingerprint density at radius 1 is 1.43 bits per heavy atom. The Balaban J connectivity index is 2.11. The summed E-state index contributed by atoms with van der Waals surface area (Å²) in [7, 11) is 0. The fourth-order valence-corrected chi connectivity index (χ4v) is 2.39. The van der Waals surface area contributed by atoms with Crippen molar-refractivity contribution < 1.29 is 0 Å². The standard InChI is InChI=1S/C9H10N4S/c1-3-7(14-6-1)8-11-12-9-10-4-2-5-13(8)9/h1,3,6H,2,4-5H2,(H,10,12). The summed E-state index contributed by atoms with van der Waals surface area (Å²) in [5.74, 6) is 1.89. The van der Waals surface area contributed by atoms with Gasteiger partial charge in [-0.2, -0.15) is 0 Å². The molecule has 14 heavy (non-hydrogen) atoms. The van der Waals surface area contributed by atoms with Gasteiger partial charge in [0, 0.05) is 13.1 Å². The average Bonchev–Trinajstić information content (AvgIpc) is 2.85. The van der Waals surface area contributed by atoms with Crippen molar-refractivity contribution in [3.63, 3.8) is 0 Å². The third-order valence-electron chi connectivity index (χ3n) is 2.33. The van der Waals surface area contributed by atoms with Crippen LogP contribution < -0.4 is 5.32 Å². The molecule has 1 aliphatic rings. The molecule has 0 fully saturated rings. The minimum Gasteiger partial charge on any atom is -0.354 e. The van der Waals surface area contributed by atoms with Crippen molar-refractivity contribution in [3.8, 4) is 10.7 Å². The number of hydrogen-bond acceptors (Lipinski definition) is 4. The average molecular weight is 206 g/mol. The van der Waals surface area contributed by atoms with E-state index in [4.69, 9.17) is 0 Å². The highest BCUT2D eigenvalue weighted by molar-refractivity contribution is 7.13. The van der Waals surface area contributed by atoms with Crippen LogP contribution in [-0.4, -0.2) is 21.3 Å². The van der Waals surface area contributed by atoms with Gasteiger partial charge in [-0.25, -0.2) is 0 Å². The van der Waals surface area contributed by atoms with Gasteiger partial charge >= 0.3 is 0 Å². The molecule has 1 N–H and O–H groups in total. The van der Waals surface area contributed by atoms with Crippen LogP contribution in [-0.2, 0) is 6.54 Å². The van der Waals surface area contributed by atoms with Crippen LogP contribution in [0.2, 0.25) is 0 Å². The van der Waals surface area contributed by atoms with Gasteiger partial charge < -0.3 is 5.32 Å². The number of anilines is 1. The van der Waals surface area contributed by atoms with Crippen molar-refractivity contribution in [1.29, 1.82) is 0 Å². The van der Waals surface area contributed by atoms with Crippen LogP contribution in [0.15, 0.2) is 17.5 Å². The number of fused-ring (bicyclic) bond motifs is 1. The molecule has 0 spiro atoms. The predicted molar refractivity (Wildman–Crippen MR) is 56.4 cm³/mol. The molecule has 2 aromatic heterocycles. The summed E-state index contributed by atoms with van der Waals surface area (Å²) in [5.41, 5.74) is 0. The molecule has 2 aromatic rings. The maximum atomic E-state index is 4.20. The predicted octanol–water partition coefficient (Wildman–Crippen LogP) is 1.82. The normalized spacial score (nSPS) is 14.9. The van der Waals surface area contributed by atoms with Crippen LogP contribution in [0.4, 0.5) is 5.95 Å². The summed E-state index contributed by atoms with van der Waals surface area (Å²) in [4.78, 5) is 1.19. The fraction of sp³-hybridized carbons (Fsp3) is 0.333. The molecular weight excluding hydrogens is 196 g/mol. The Hall–Kier alpha value is -1.36. The first-order valence-electron chi connectivity index (χ1n) is 4.66. The third-order valence-corrected chi connectivity index (χ3v) is 3.20. The molecule has 0 unspecified atom stereocenters. The summed E-state index contributed by atoms with van der Waals surface area (Å²) in [6.45, 7) is 2.02. The SMILES string of the molecule is c1csc(-c2nnc3n2CCCN3)c1. The van der Waals surface area contributed by atoms with Gasteiger partial charge in [0.05, 0.1) is 4.88 Å². The monoisotopic (exact) mass is 206 g/mol. The highest BCUT2D eigenvalue weighted by Gasteiger charge is 2.16. The van der Waals surface area contributed by atoms with Gasteiger partial charge in [0.25, 0.3) is 0 Å². The lowest BCUT2D eigenvalue weighted by Crippen LogP contribution is -2.17. The number of nitrogens with one attached hydrogen (secondary N) is 1. The zero-order valence-electron chi connectivity index (χ0n) is 7.60. The Kier molecular flexibility index (Phi) is 1.77. The molecular formula is C9H10N4S. The van der Waals surface area contributed by atoms with Gasteiger partial charge in [-0.3, -0.25) is 4.57 Å². The molecule has 3 heterocycles. The highest BCUT2D eigenvalue weighted by Crippen LogP contribution is 2.26. The third kappa shape index (κ3) is 1.13. The lowest BCUT2D eigenvalue weighted by atomic mass is 10.3.